The van der Waals surface area contributed by atoms with Gasteiger partial charge < -0.3 is 0 Å². The van der Waals surface area contributed by atoms with Crippen molar-refractivity contribution in [1.82, 2.24) is 0 Å². The largest absolute Gasteiger partial charge is 0.289 e. The van der Waals surface area contributed by atoms with Gasteiger partial charge in [-0.15, -0.1) is 0 Å². The number of para-hydroxylation sites is 2. The number of hydrogen-bond donors (Lipinski definition) is 0. The van der Waals surface area contributed by atoms with Crippen molar-refractivity contribution in [2.45, 2.75) is 17.7 Å². The molecule has 1 aliphatic rings. The number of anilines is 1. The van der Waals surface area contributed by atoms with Crippen LogP contribution in [0.25, 0.3) is 0 Å². The molecule has 1 aliphatic heterocycles. The van der Waals surface area contributed by atoms with Gasteiger partial charge in [-0.3, -0.25) is 14.4 Å². The van der Waals surface area contributed by atoms with Crippen LogP contribution in [0.5, 0.6) is 0 Å². The van der Waals surface area contributed by atoms with E-state index in [0.29, 0.717) is 18.4 Å². The second-order valence-corrected chi connectivity index (χ2v) is 6.98. The Labute approximate surface area is 132 Å². The fourth-order valence-corrected chi connectivity index (χ4v) is 4.46. The molecule has 2 aromatic carbocycles. The van der Waals surface area contributed by atoms with Crippen LogP contribution in [0.15, 0.2) is 47.4 Å². The van der Waals surface area contributed by atoms with Gasteiger partial charge in [-0.1, -0.05) is 24.3 Å². The molecular weight excluding hydrogens is 323 g/mol. The first-order valence-electron chi connectivity index (χ1n) is 6.96. The van der Waals surface area contributed by atoms with Crippen molar-refractivity contribution in [1.29, 1.82) is 0 Å². The average Bonchev–Trinajstić information content (AvgIpc) is 2.54. The minimum atomic E-state index is -4.22. The summed E-state index contributed by atoms with van der Waals surface area (Å²) in [7, 11) is -4.22. The number of nitrogens with zero attached hydrogens (tertiary/aromatic N) is 2. The Balaban J connectivity index is 2.19. The zero-order valence-corrected chi connectivity index (χ0v) is 12.8. The van der Waals surface area contributed by atoms with E-state index >= 15 is 0 Å². The van der Waals surface area contributed by atoms with Gasteiger partial charge in [-0.2, -0.15) is 0 Å². The Bertz CT molecular complexity index is 883. The van der Waals surface area contributed by atoms with Crippen molar-refractivity contribution in [3.05, 3.63) is 64.0 Å². The first-order valence-corrected chi connectivity index (χ1v) is 8.40. The van der Waals surface area contributed by atoms with E-state index in [0.717, 1.165) is 10.4 Å². The topological polar surface area (TPSA) is 80.5 Å². The first-order chi connectivity index (χ1) is 10.9. The lowest BCUT2D eigenvalue weighted by molar-refractivity contribution is -0.387. The molecule has 0 spiro atoms. The van der Waals surface area contributed by atoms with Crippen LogP contribution in [0, 0.1) is 15.9 Å². The lowest BCUT2D eigenvalue weighted by Gasteiger charge is -2.30. The number of nitro benzene ring substituents is 1. The molecule has 1 heterocycles. The molecule has 23 heavy (non-hydrogen) atoms. The van der Waals surface area contributed by atoms with Crippen molar-refractivity contribution in [2.75, 3.05) is 10.8 Å². The van der Waals surface area contributed by atoms with Crippen LogP contribution in [0.2, 0.25) is 0 Å². The second kappa shape index (κ2) is 5.62. The monoisotopic (exact) mass is 336 g/mol. The highest BCUT2D eigenvalue weighted by atomic mass is 32.2. The van der Waals surface area contributed by atoms with Gasteiger partial charge in [0.05, 0.1) is 10.6 Å². The zero-order chi connectivity index (χ0) is 16.6. The van der Waals surface area contributed by atoms with Crippen molar-refractivity contribution in [2.24, 2.45) is 0 Å². The third-order valence-corrected chi connectivity index (χ3v) is 5.60. The van der Waals surface area contributed by atoms with Crippen LogP contribution >= 0.6 is 0 Å². The van der Waals surface area contributed by atoms with Crippen LogP contribution in [-0.4, -0.2) is 19.9 Å². The van der Waals surface area contributed by atoms with Gasteiger partial charge in [-0.05, 0) is 30.5 Å². The van der Waals surface area contributed by atoms with Crippen LogP contribution in [-0.2, 0) is 16.4 Å². The van der Waals surface area contributed by atoms with E-state index in [1.54, 1.807) is 6.07 Å². The summed E-state index contributed by atoms with van der Waals surface area (Å²) in [5.41, 5.74) is 0.0475. The molecule has 0 N–H and O–H groups in total. The highest BCUT2D eigenvalue weighted by Gasteiger charge is 2.35. The number of hydrogen-bond acceptors (Lipinski definition) is 4. The van der Waals surface area contributed by atoms with Gasteiger partial charge in [0.2, 0.25) is 0 Å². The SMILES string of the molecule is O=[N+]([O-])c1ccccc1S(=O)(=O)N1CCCc2cccc(F)c21. The number of halogens is 1. The summed E-state index contributed by atoms with van der Waals surface area (Å²) in [6.45, 7) is 0.0856. The summed E-state index contributed by atoms with van der Waals surface area (Å²) in [5, 5.41) is 11.1. The van der Waals surface area contributed by atoms with E-state index in [1.807, 2.05) is 0 Å². The minimum Gasteiger partial charge on any atom is -0.263 e. The summed E-state index contributed by atoms with van der Waals surface area (Å²) < 4.78 is 40.9. The first kappa shape index (κ1) is 15.4. The lowest BCUT2D eigenvalue weighted by atomic mass is 10.0. The van der Waals surface area contributed by atoms with Gasteiger partial charge in [0, 0.05) is 12.6 Å². The Kier molecular flexibility index (Phi) is 3.77. The fraction of sp³-hybridized carbons (Fsp3) is 0.200. The number of sulfonamides is 1. The molecule has 2 aromatic rings. The third-order valence-electron chi connectivity index (χ3n) is 3.76. The van der Waals surface area contributed by atoms with E-state index in [-0.39, 0.29) is 12.2 Å². The normalized spacial score (nSPS) is 14.4. The number of fused-ring (bicyclic) bond motifs is 1. The van der Waals surface area contributed by atoms with Gasteiger partial charge in [-0.25, -0.2) is 12.8 Å². The van der Waals surface area contributed by atoms with Crippen LogP contribution in [0.4, 0.5) is 15.8 Å². The number of nitro groups is 1. The maximum absolute atomic E-state index is 14.2. The maximum atomic E-state index is 14.2. The molecule has 0 saturated carbocycles. The van der Waals surface area contributed by atoms with E-state index in [2.05, 4.69) is 0 Å². The van der Waals surface area contributed by atoms with Crippen molar-refractivity contribution in [3.8, 4) is 0 Å². The highest BCUT2D eigenvalue weighted by molar-refractivity contribution is 7.93. The lowest BCUT2D eigenvalue weighted by Crippen LogP contribution is -2.36. The average molecular weight is 336 g/mol. The summed E-state index contributed by atoms with van der Waals surface area (Å²) >= 11 is 0. The molecule has 0 amide bonds. The summed E-state index contributed by atoms with van der Waals surface area (Å²) in [5.74, 6) is -0.649. The zero-order valence-electron chi connectivity index (χ0n) is 12.0. The number of aryl methyl sites for hydroxylation is 1. The standard InChI is InChI=1S/C15H13FN2O4S/c16-12-7-3-5-11-6-4-10-17(15(11)12)23(21,22)14-9-2-1-8-13(14)18(19)20/h1-3,5,7-9H,4,6,10H2. The van der Waals surface area contributed by atoms with Crippen LogP contribution < -0.4 is 4.31 Å². The molecular formula is C15H13FN2O4S. The molecule has 0 bridgehead atoms. The van der Waals surface area contributed by atoms with Crippen LogP contribution in [0.1, 0.15) is 12.0 Å². The van der Waals surface area contributed by atoms with Gasteiger partial charge in [0.1, 0.15) is 5.82 Å². The molecule has 8 heteroatoms. The Morgan fingerprint density at radius 1 is 1.13 bits per heavy atom. The van der Waals surface area contributed by atoms with Gasteiger partial charge in [0.15, 0.2) is 4.90 Å². The van der Waals surface area contributed by atoms with Crippen molar-refractivity contribution >= 4 is 21.4 Å². The molecule has 3 rings (SSSR count). The molecule has 0 radical (unpaired) electrons. The third kappa shape index (κ3) is 2.55. The smallest absolute Gasteiger partial charge is 0.263 e. The van der Waals surface area contributed by atoms with E-state index in [1.165, 1.54) is 30.3 Å². The fourth-order valence-electron chi connectivity index (χ4n) is 2.75. The molecule has 0 fully saturated rings. The van der Waals surface area contributed by atoms with E-state index < -0.39 is 31.3 Å². The summed E-state index contributed by atoms with van der Waals surface area (Å²) in [4.78, 5) is 9.93. The van der Waals surface area contributed by atoms with Crippen molar-refractivity contribution < 1.29 is 17.7 Å². The number of benzene rings is 2. The van der Waals surface area contributed by atoms with Gasteiger partial charge >= 0.3 is 0 Å². The molecule has 6 nitrogen and oxygen atoms in total. The molecule has 0 saturated heterocycles. The highest BCUT2D eigenvalue weighted by Crippen LogP contribution is 2.36. The van der Waals surface area contributed by atoms with Gasteiger partial charge in [0.25, 0.3) is 15.7 Å². The molecule has 0 unspecified atom stereocenters. The van der Waals surface area contributed by atoms with E-state index in [9.17, 15) is 22.9 Å². The quantitative estimate of drug-likeness (QED) is 0.637. The van der Waals surface area contributed by atoms with Crippen molar-refractivity contribution in [3.63, 3.8) is 0 Å². The summed E-state index contributed by atoms with van der Waals surface area (Å²) in [6, 6.07) is 9.47. The minimum absolute atomic E-state index is 0.0168. The molecule has 120 valence electrons. The number of rotatable bonds is 3. The van der Waals surface area contributed by atoms with E-state index in [4.69, 9.17) is 0 Å². The summed E-state index contributed by atoms with van der Waals surface area (Å²) in [6.07, 6.45) is 1.09. The Morgan fingerprint density at radius 2 is 1.87 bits per heavy atom. The Morgan fingerprint density at radius 3 is 2.61 bits per heavy atom. The molecule has 0 atom stereocenters. The molecule has 0 aromatic heterocycles. The maximum Gasteiger partial charge on any atom is 0.289 e. The Hall–Kier alpha value is -2.48. The second-order valence-electron chi connectivity index (χ2n) is 5.15. The molecule has 0 aliphatic carbocycles. The predicted molar refractivity (Wildman–Crippen MR) is 82.3 cm³/mol. The predicted octanol–water partition coefficient (Wildman–Crippen LogP) is 2.88. The van der Waals surface area contributed by atoms with Crippen LogP contribution in [0.3, 0.4) is 0 Å².